The van der Waals surface area contributed by atoms with E-state index in [-0.39, 0.29) is 0 Å². The van der Waals surface area contributed by atoms with Crippen LogP contribution in [-0.4, -0.2) is 31.4 Å². The lowest BCUT2D eigenvalue weighted by molar-refractivity contribution is -0.105. The first-order chi connectivity index (χ1) is 4.56. The second kappa shape index (κ2) is 4.85. The number of hydrogen-bond donors (Lipinski definition) is 0. The average molecular weight is 174 g/mol. The van der Waals surface area contributed by atoms with Crippen molar-refractivity contribution in [1.29, 1.82) is 0 Å². The van der Waals surface area contributed by atoms with Crippen LogP contribution in [0.2, 0.25) is 0 Å². The minimum absolute atomic E-state index is 0.376. The van der Waals surface area contributed by atoms with Crippen molar-refractivity contribution in [2.45, 2.75) is 6.18 Å². The van der Waals surface area contributed by atoms with Crippen LogP contribution in [0, 0.1) is 0 Å². The molecule has 0 saturated heterocycles. The Morgan fingerprint density at radius 3 is 2.40 bits per heavy atom. The highest BCUT2D eigenvalue weighted by Crippen LogP contribution is 2.20. The van der Waals surface area contributed by atoms with Crippen molar-refractivity contribution in [3.05, 3.63) is 0 Å². The molecule has 0 aliphatic heterocycles. The molecule has 0 aliphatic carbocycles. The van der Waals surface area contributed by atoms with Crippen LogP contribution in [0.15, 0.2) is 0 Å². The van der Waals surface area contributed by atoms with Crippen molar-refractivity contribution in [3.63, 3.8) is 0 Å². The standard InChI is InChI=1S/C5H9F3OS/c1-9-2-3-10-4-5(6,7)8/h2-4H2,1H3. The highest BCUT2D eigenvalue weighted by molar-refractivity contribution is 7.99. The Kier molecular flexibility index (Phi) is 4.89. The summed E-state index contributed by atoms with van der Waals surface area (Å²) in [6.45, 7) is 0.376. The van der Waals surface area contributed by atoms with Gasteiger partial charge in [-0.1, -0.05) is 0 Å². The summed E-state index contributed by atoms with van der Waals surface area (Å²) in [6, 6.07) is 0. The zero-order chi connectivity index (χ0) is 8.04. The van der Waals surface area contributed by atoms with Crippen molar-refractivity contribution < 1.29 is 17.9 Å². The van der Waals surface area contributed by atoms with Gasteiger partial charge in [0.1, 0.15) is 0 Å². The third-order valence-corrected chi connectivity index (χ3v) is 1.68. The van der Waals surface area contributed by atoms with Gasteiger partial charge < -0.3 is 4.74 Å². The molecule has 0 rings (SSSR count). The Balaban J connectivity index is 3.04. The summed E-state index contributed by atoms with van der Waals surface area (Å²) < 4.78 is 38.8. The first kappa shape index (κ1) is 10.1. The molecule has 62 valence electrons. The molecule has 1 nitrogen and oxygen atoms in total. The van der Waals surface area contributed by atoms with Gasteiger partial charge in [-0.15, -0.1) is 0 Å². The van der Waals surface area contributed by atoms with Gasteiger partial charge in [0, 0.05) is 12.9 Å². The molecule has 0 bridgehead atoms. The number of thioether (sulfide) groups is 1. The molecular weight excluding hydrogens is 165 g/mol. The lowest BCUT2D eigenvalue weighted by Crippen LogP contribution is -2.11. The number of halogens is 3. The second-order valence-corrected chi connectivity index (χ2v) is 2.77. The molecule has 0 aliphatic rings. The first-order valence-corrected chi connectivity index (χ1v) is 3.85. The fraction of sp³-hybridized carbons (Fsp3) is 1.00. The lowest BCUT2D eigenvalue weighted by Gasteiger charge is -2.04. The summed E-state index contributed by atoms with van der Waals surface area (Å²) in [6.07, 6.45) is -4.04. The van der Waals surface area contributed by atoms with Crippen LogP contribution >= 0.6 is 11.8 Å². The van der Waals surface area contributed by atoms with Crippen LogP contribution < -0.4 is 0 Å². The number of hydrogen-bond acceptors (Lipinski definition) is 2. The molecule has 0 spiro atoms. The predicted molar refractivity (Wildman–Crippen MR) is 35.3 cm³/mol. The molecule has 0 amide bonds. The van der Waals surface area contributed by atoms with Gasteiger partial charge in [0.25, 0.3) is 0 Å². The van der Waals surface area contributed by atoms with Crippen LogP contribution in [0.1, 0.15) is 0 Å². The molecular formula is C5H9F3OS. The largest absolute Gasteiger partial charge is 0.397 e. The van der Waals surface area contributed by atoms with Crippen LogP contribution in [-0.2, 0) is 4.74 Å². The van der Waals surface area contributed by atoms with E-state index < -0.39 is 11.9 Å². The molecule has 0 atom stereocenters. The van der Waals surface area contributed by atoms with Crippen LogP contribution in [0.5, 0.6) is 0 Å². The summed E-state index contributed by atoms with van der Waals surface area (Å²) in [7, 11) is 1.47. The molecule has 5 heteroatoms. The number of methoxy groups -OCH3 is 1. The van der Waals surface area contributed by atoms with E-state index in [1.54, 1.807) is 0 Å². The van der Waals surface area contributed by atoms with Crippen LogP contribution in [0.25, 0.3) is 0 Å². The molecule has 0 aromatic heterocycles. The topological polar surface area (TPSA) is 9.23 Å². The summed E-state index contributed by atoms with van der Waals surface area (Å²) in [4.78, 5) is 0. The van der Waals surface area contributed by atoms with E-state index in [1.165, 1.54) is 7.11 Å². The van der Waals surface area contributed by atoms with Crippen LogP contribution in [0.3, 0.4) is 0 Å². The summed E-state index contributed by atoms with van der Waals surface area (Å²) in [5.41, 5.74) is 0. The maximum Gasteiger partial charge on any atom is 0.397 e. The summed E-state index contributed by atoms with van der Waals surface area (Å²) in [5.74, 6) is -0.383. The summed E-state index contributed by atoms with van der Waals surface area (Å²) in [5, 5.41) is 0. The van der Waals surface area contributed by atoms with Gasteiger partial charge in [-0.2, -0.15) is 24.9 Å². The molecule has 0 heterocycles. The molecule has 10 heavy (non-hydrogen) atoms. The van der Waals surface area contributed by atoms with E-state index in [0.29, 0.717) is 12.4 Å². The first-order valence-electron chi connectivity index (χ1n) is 2.69. The smallest absolute Gasteiger partial charge is 0.384 e. The SMILES string of the molecule is COCCSCC(F)(F)F. The Hall–Kier alpha value is 0.100. The Bertz CT molecular complexity index is 83.5. The molecule has 0 N–H and O–H groups in total. The third-order valence-electron chi connectivity index (χ3n) is 0.698. The van der Waals surface area contributed by atoms with Crippen molar-refractivity contribution in [1.82, 2.24) is 0 Å². The molecule has 0 aromatic carbocycles. The quantitative estimate of drug-likeness (QED) is 0.602. The molecule has 0 aromatic rings. The van der Waals surface area contributed by atoms with Crippen molar-refractivity contribution in [2.24, 2.45) is 0 Å². The van der Waals surface area contributed by atoms with Gasteiger partial charge in [0.05, 0.1) is 12.4 Å². The van der Waals surface area contributed by atoms with Crippen LogP contribution in [0.4, 0.5) is 13.2 Å². The fourth-order valence-electron chi connectivity index (χ4n) is 0.330. The van der Waals surface area contributed by atoms with Crippen molar-refractivity contribution in [3.8, 4) is 0 Å². The van der Waals surface area contributed by atoms with Gasteiger partial charge in [-0.25, -0.2) is 0 Å². The zero-order valence-electron chi connectivity index (χ0n) is 5.57. The van der Waals surface area contributed by atoms with Gasteiger partial charge in [-0.3, -0.25) is 0 Å². The highest BCUT2D eigenvalue weighted by Gasteiger charge is 2.26. The van der Waals surface area contributed by atoms with E-state index in [1.807, 2.05) is 0 Å². The van der Waals surface area contributed by atoms with E-state index >= 15 is 0 Å². The molecule has 0 radical (unpaired) electrons. The van der Waals surface area contributed by atoms with Gasteiger partial charge in [-0.05, 0) is 0 Å². The Morgan fingerprint density at radius 2 is 2.00 bits per heavy atom. The number of alkyl halides is 3. The molecule has 0 saturated carbocycles. The zero-order valence-corrected chi connectivity index (χ0v) is 6.39. The van der Waals surface area contributed by atoms with Gasteiger partial charge >= 0.3 is 6.18 Å². The number of rotatable bonds is 4. The Morgan fingerprint density at radius 1 is 1.40 bits per heavy atom. The fourth-order valence-corrected chi connectivity index (χ4v) is 0.990. The normalized spacial score (nSPS) is 12.0. The van der Waals surface area contributed by atoms with Crippen molar-refractivity contribution >= 4 is 11.8 Å². The molecule has 0 unspecified atom stereocenters. The van der Waals surface area contributed by atoms with E-state index in [0.717, 1.165) is 11.8 Å². The maximum atomic E-state index is 11.4. The minimum atomic E-state index is -4.04. The van der Waals surface area contributed by atoms with E-state index in [4.69, 9.17) is 0 Å². The van der Waals surface area contributed by atoms with Gasteiger partial charge in [0.2, 0.25) is 0 Å². The maximum absolute atomic E-state index is 11.4. The summed E-state index contributed by atoms with van der Waals surface area (Å²) >= 11 is 0.835. The number of ether oxygens (including phenoxy) is 1. The minimum Gasteiger partial charge on any atom is -0.384 e. The monoisotopic (exact) mass is 174 g/mol. The molecule has 0 fully saturated rings. The van der Waals surface area contributed by atoms with E-state index in [9.17, 15) is 13.2 Å². The van der Waals surface area contributed by atoms with Crippen molar-refractivity contribution in [2.75, 3.05) is 25.2 Å². The average Bonchev–Trinajstić information content (AvgIpc) is 1.78. The Labute approximate surface area is 61.9 Å². The van der Waals surface area contributed by atoms with Gasteiger partial charge in [0.15, 0.2) is 0 Å². The predicted octanol–water partition coefficient (Wildman–Crippen LogP) is 1.93. The highest BCUT2D eigenvalue weighted by atomic mass is 32.2. The second-order valence-electron chi connectivity index (χ2n) is 1.66. The van der Waals surface area contributed by atoms with E-state index in [2.05, 4.69) is 4.74 Å². The third kappa shape index (κ3) is 8.10. The lowest BCUT2D eigenvalue weighted by atomic mass is 10.8.